The van der Waals surface area contributed by atoms with Crippen LogP contribution in [0.2, 0.25) is 0 Å². The molecule has 2 unspecified atom stereocenters. The molecule has 2 atom stereocenters. The Bertz CT molecular complexity index is 805. The Hall–Kier alpha value is -1.64. The van der Waals surface area contributed by atoms with Gasteiger partial charge in [0.2, 0.25) is 0 Å². The summed E-state index contributed by atoms with van der Waals surface area (Å²) in [5, 5.41) is 3.24. The molecule has 0 aliphatic carbocycles. The van der Waals surface area contributed by atoms with Gasteiger partial charge in [0.1, 0.15) is 0 Å². The molecule has 2 aliphatic rings. The van der Waals surface area contributed by atoms with Gasteiger partial charge in [-0.1, -0.05) is 30.3 Å². The summed E-state index contributed by atoms with van der Waals surface area (Å²) in [6, 6.07) is 10.8. The number of ether oxygens (including phenoxy) is 1. The summed E-state index contributed by atoms with van der Waals surface area (Å²) >= 11 is 0. The van der Waals surface area contributed by atoms with Gasteiger partial charge in [0.15, 0.2) is 15.8 Å². The number of fused-ring (bicyclic) bond motifs is 1. The van der Waals surface area contributed by atoms with E-state index in [4.69, 9.17) is 4.74 Å². The predicted octanol–water partition coefficient (Wildman–Crippen LogP) is 1.36. The fourth-order valence-electron chi connectivity index (χ4n) is 3.88. The number of hydrogen-bond acceptors (Lipinski definition) is 5. The second-order valence-electron chi connectivity index (χ2n) is 8.74. The van der Waals surface area contributed by atoms with Gasteiger partial charge >= 0.3 is 0 Å². The van der Waals surface area contributed by atoms with Crippen molar-refractivity contribution in [2.45, 2.75) is 44.2 Å². The van der Waals surface area contributed by atoms with Gasteiger partial charge in [-0.3, -0.25) is 9.89 Å². The monoisotopic (exact) mass is 422 g/mol. The summed E-state index contributed by atoms with van der Waals surface area (Å²) in [5.74, 6) is 0.833. The standard InChI is InChI=1S/C21H34N4O3S/c1-21(2,3)29(26,27)13-10-23-20(22-4)25-15-18-19(16-25)28-12-11-24(18)14-17-8-6-5-7-9-17/h5-9,18-19H,10-16H2,1-4H3,(H,22,23). The topological polar surface area (TPSA) is 74.2 Å². The van der Waals surface area contributed by atoms with Crippen LogP contribution in [0.3, 0.4) is 0 Å². The number of aliphatic imine (C=N–C) groups is 1. The maximum Gasteiger partial charge on any atom is 0.193 e. The highest BCUT2D eigenvalue weighted by Gasteiger charge is 2.41. The van der Waals surface area contributed by atoms with Crippen LogP contribution in [-0.2, 0) is 21.1 Å². The first-order valence-electron chi connectivity index (χ1n) is 10.3. The number of morpholine rings is 1. The zero-order valence-electron chi connectivity index (χ0n) is 18.0. The predicted molar refractivity (Wildman–Crippen MR) is 117 cm³/mol. The molecule has 29 heavy (non-hydrogen) atoms. The van der Waals surface area contributed by atoms with E-state index in [9.17, 15) is 8.42 Å². The Morgan fingerprint density at radius 1 is 1.24 bits per heavy atom. The van der Waals surface area contributed by atoms with E-state index >= 15 is 0 Å². The molecule has 2 aliphatic heterocycles. The van der Waals surface area contributed by atoms with Gasteiger partial charge in [-0.2, -0.15) is 0 Å². The van der Waals surface area contributed by atoms with Gasteiger partial charge in [0.05, 0.1) is 29.3 Å². The van der Waals surface area contributed by atoms with Gasteiger partial charge in [0, 0.05) is 39.8 Å². The molecule has 0 amide bonds. The van der Waals surface area contributed by atoms with E-state index in [1.807, 2.05) is 6.07 Å². The molecule has 162 valence electrons. The van der Waals surface area contributed by atoms with Crippen LogP contribution in [0.15, 0.2) is 35.3 Å². The van der Waals surface area contributed by atoms with Crippen LogP contribution in [-0.4, -0.2) is 86.7 Å². The minimum atomic E-state index is -3.16. The van der Waals surface area contributed by atoms with Crippen molar-refractivity contribution >= 4 is 15.8 Å². The molecule has 0 saturated carbocycles. The first-order valence-corrected chi connectivity index (χ1v) is 11.9. The third-order valence-electron chi connectivity index (χ3n) is 5.74. The number of nitrogens with zero attached hydrogens (tertiary/aromatic N) is 3. The SMILES string of the molecule is CN=C(NCCS(=O)(=O)C(C)(C)C)N1CC2OCCN(Cc3ccccc3)C2C1. The first kappa shape index (κ1) is 22.1. The molecule has 2 heterocycles. The lowest BCUT2D eigenvalue weighted by Crippen LogP contribution is -2.50. The number of hydrogen-bond donors (Lipinski definition) is 1. The van der Waals surface area contributed by atoms with E-state index in [1.54, 1.807) is 27.8 Å². The second kappa shape index (κ2) is 9.02. The molecule has 3 rings (SSSR count). The fraction of sp³-hybridized carbons (Fsp3) is 0.667. The van der Waals surface area contributed by atoms with Crippen molar-refractivity contribution in [2.75, 3.05) is 45.6 Å². The maximum absolute atomic E-state index is 12.3. The zero-order valence-corrected chi connectivity index (χ0v) is 18.8. The minimum absolute atomic E-state index is 0.0901. The Balaban J connectivity index is 1.59. The van der Waals surface area contributed by atoms with E-state index in [2.05, 4.69) is 44.4 Å². The van der Waals surface area contributed by atoms with Crippen LogP contribution in [0.1, 0.15) is 26.3 Å². The molecule has 1 N–H and O–H groups in total. The largest absolute Gasteiger partial charge is 0.373 e. The molecule has 7 nitrogen and oxygen atoms in total. The van der Waals surface area contributed by atoms with E-state index in [1.165, 1.54) is 5.56 Å². The summed E-state index contributed by atoms with van der Waals surface area (Å²) < 4.78 is 30.0. The van der Waals surface area contributed by atoms with Crippen molar-refractivity contribution in [3.8, 4) is 0 Å². The molecule has 2 saturated heterocycles. The summed E-state index contributed by atoms with van der Waals surface area (Å²) in [7, 11) is -1.42. The zero-order chi connectivity index (χ0) is 21.1. The average molecular weight is 423 g/mol. The third-order valence-corrected chi connectivity index (χ3v) is 8.35. The quantitative estimate of drug-likeness (QED) is 0.571. The van der Waals surface area contributed by atoms with Crippen molar-refractivity contribution in [2.24, 2.45) is 4.99 Å². The molecule has 1 aromatic rings. The minimum Gasteiger partial charge on any atom is -0.373 e. The highest BCUT2D eigenvalue weighted by molar-refractivity contribution is 7.92. The summed E-state index contributed by atoms with van der Waals surface area (Å²) in [5.41, 5.74) is 1.31. The summed E-state index contributed by atoms with van der Waals surface area (Å²) in [4.78, 5) is 9.05. The Morgan fingerprint density at radius 2 is 1.97 bits per heavy atom. The number of sulfone groups is 1. The molecule has 8 heteroatoms. The normalized spacial score (nSPS) is 23.9. The lowest BCUT2D eigenvalue weighted by Gasteiger charge is -2.36. The van der Waals surface area contributed by atoms with Crippen LogP contribution in [0.4, 0.5) is 0 Å². The van der Waals surface area contributed by atoms with Crippen LogP contribution in [0.5, 0.6) is 0 Å². The Labute approximate surface area is 175 Å². The van der Waals surface area contributed by atoms with Crippen molar-refractivity contribution in [3.63, 3.8) is 0 Å². The number of nitrogens with one attached hydrogen (secondary N) is 1. The smallest absolute Gasteiger partial charge is 0.193 e. The fourth-order valence-corrected chi connectivity index (χ4v) is 4.86. The Kier molecular flexibility index (Phi) is 6.86. The maximum atomic E-state index is 12.3. The first-order chi connectivity index (χ1) is 13.7. The molecule has 0 aromatic heterocycles. The molecule has 0 bridgehead atoms. The lowest BCUT2D eigenvalue weighted by molar-refractivity contribution is -0.0502. The van der Waals surface area contributed by atoms with Gasteiger partial charge < -0.3 is 15.0 Å². The van der Waals surface area contributed by atoms with E-state index < -0.39 is 14.6 Å². The van der Waals surface area contributed by atoms with E-state index in [0.717, 1.165) is 38.7 Å². The number of benzene rings is 1. The third kappa shape index (κ3) is 5.29. The van der Waals surface area contributed by atoms with Crippen molar-refractivity contribution in [1.29, 1.82) is 0 Å². The second-order valence-corrected chi connectivity index (χ2v) is 11.6. The molecule has 2 fully saturated rings. The molecule has 1 aromatic carbocycles. The highest BCUT2D eigenvalue weighted by atomic mass is 32.2. The number of guanidine groups is 1. The molecular formula is C21H34N4O3S. The van der Waals surface area contributed by atoms with Crippen LogP contribution < -0.4 is 5.32 Å². The number of rotatable bonds is 5. The van der Waals surface area contributed by atoms with E-state index in [0.29, 0.717) is 12.6 Å². The van der Waals surface area contributed by atoms with Crippen molar-refractivity contribution in [3.05, 3.63) is 35.9 Å². The van der Waals surface area contributed by atoms with Gasteiger partial charge in [-0.15, -0.1) is 0 Å². The average Bonchev–Trinajstić information content (AvgIpc) is 3.10. The van der Waals surface area contributed by atoms with Crippen LogP contribution in [0.25, 0.3) is 0 Å². The summed E-state index contributed by atoms with van der Waals surface area (Å²) in [6.07, 6.45) is 0.143. The van der Waals surface area contributed by atoms with Gasteiger partial charge in [0.25, 0.3) is 0 Å². The van der Waals surface area contributed by atoms with Gasteiger partial charge in [-0.05, 0) is 26.3 Å². The summed E-state index contributed by atoms with van der Waals surface area (Å²) in [6.45, 7) is 9.72. The number of likely N-dealkylation sites (tertiary alicyclic amines) is 1. The van der Waals surface area contributed by atoms with E-state index in [-0.39, 0.29) is 11.9 Å². The molecule has 0 radical (unpaired) electrons. The van der Waals surface area contributed by atoms with Crippen molar-refractivity contribution in [1.82, 2.24) is 15.1 Å². The molecule has 0 spiro atoms. The van der Waals surface area contributed by atoms with Gasteiger partial charge in [-0.25, -0.2) is 8.42 Å². The van der Waals surface area contributed by atoms with Crippen LogP contribution >= 0.6 is 0 Å². The Morgan fingerprint density at radius 3 is 2.62 bits per heavy atom. The highest BCUT2D eigenvalue weighted by Crippen LogP contribution is 2.24. The molecular weight excluding hydrogens is 388 g/mol. The lowest BCUT2D eigenvalue weighted by atomic mass is 10.1. The van der Waals surface area contributed by atoms with Crippen molar-refractivity contribution < 1.29 is 13.2 Å². The van der Waals surface area contributed by atoms with Crippen LogP contribution in [0, 0.1) is 0 Å².